The van der Waals surface area contributed by atoms with Crippen LogP contribution in [0.5, 0.6) is 5.88 Å². The topological polar surface area (TPSA) is 64.5 Å². The molecule has 1 saturated heterocycles. The van der Waals surface area contributed by atoms with Crippen LogP contribution in [0.2, 0.25) is 0 Å². The Morgan fingerprint density at radius 3 is 2.80 bits per heavy atom. The molecule has 6 nitrogen and oxygen atoms in total. The standard InChI is InChI=1S/C14H21N3O3/c1-10-7-12(16-9-15-10)19-11-5-6-17(8-11)13(18)20-14(2,3)4/h7,9,11H,5-6,8H2,1-4H3/t11-/m1/s1. The maximum atomic E-state index is 11.9. The zero-order valence-corrected chi connectivity index (χ0v) is 12.4. The van der Waals surface area contributed by atoms with Gasteiger partial charge in [0.05, 0.1) is 6.54 Å². The number of ether oxygens (including phenoxy) is 2. The molecule has 2 heterocycles. The minimum Gasteiger partial charge on any atom is -0.472 e. The Balaban J connectivity index is 1.88. The quantitative estimate of drug-likeness (QED) is 0.830. The van der Waals surface area contributed by atoms with Crippen LogP contribution in [-0.4, -0.2) is 45.8 Å². The summed E-state index contributed by atoms with van der Waals surface area (Å²) in [5.74, 6) is 0.550. The molecule has 0 radical (unpaired) electrons. The molecule has 0 aliphatic carbocycles. The van der Waals surface area contributed by atoms with Crippen molar-refractivity contribution in [1.29, 1.82) is 0 Å². The summed E-state index contributed by atoms with van der Waals surface area (Å²) >= 11 is 0. The SMILES string of the molecule is Cc1cc(O[C@@H]2CCN(C(=O)OC(C)(C)C)C2)ncn1. The summed E-state index contributed by atoms with van der Waals surface area (Å²) in [6.07, 6.45) is 1.92. The van der Waals surface area contributed by atoms with Crippen molar-refractivity contribution in [1.82, 2.24) is 14.9 Å². The highest BCUT2D eigenvalue weighted by molar-refractivity contribution is 5.68. The van der Waals surface area contributed by atoms with Crippen molar-refractivity contribution in [3.8, 4) is 5.88 Å². The normalized spacial score (nSPS) is 19.0. The van der Waals surface area contributed by atoms with E-state index >= 15 is 0 Å². The first-order valence-electron chi connectivity index (χ1n) is 6.77. The Labute approximate surface area is 119 Å². The van der Waals surface area contributed by atoms with Crippen molar-refractivity contribution in [2.24, 2.45) is 0 Å². The van der Waals surface area contributed by atoms with Crippen molar-refractivity contribution in [3.05, 3.63) is 18.1 Å². The number of aromatic nitrogens is 2. The number of nitrogens with zero attached hydrogens (tertiary/aromatic N) is 3. The maximum absolute atomic E-state index is 11.9. The Bertz CT molecular complexity index is 485. The number of likely N-dealkylation sites (tertiary alicyclic amines) is 1. The molecule has 0 N–H and O–H groups in total. The van der Waals surface area contributed by atoms with Crippen LogP contribution in [-0.2, 0) is 4.74 Å². The molecule has 110 valence electrons. The first-order chi connectivity index (χ1) is 9.33. The zero-order chi connectivity index (χ0) is 14.8. The summed E-state index contributed by atoms with van der Waals surface area (Å²) < 4.78 is 11.1. The van der Waals surface area contributed by atoms with Gasteiger partial charge in [0.1, 0.15) is 18.0 Å². The highest BCUT2D eigenvalue weighted by atomic mass is 16.6. The van der Waals surface area contributed by atoms with E-state index in [9.17, 15) is 4.79 Å². The van der Waals surface area contributed by atoms with Crippen LogP contribution >= 0.6 is 0 Å². The van der Waals surface area contributed by atoms with Gasteiger partial charge in [-0.05, 0) is 27.7 Å². The van der Waals surface area contributed by atoms with Crippen molar-refractivity contribution >= 4 is 6.09 Å². The molecule has 0 unspecified atom stereocenters. The molecular weight excluding hydrogens is 258 g/mol. The van der Waals surface area contributed by atoms with Crippen molar-refractivity contribution in [2.75, 3.05) is 13.1 Å². The Kier molecular flexibility index (Phi) is 4.11. The number of carbonyl (C=O) groups is 1. The fraction of sp³-hybridized carbons (Fsp3) is 0.643. The van der Waals surface area contributed by atoms with Crippen LogP contribution in [0.25, 0.3) is 0 Å². The number of hydrogen-bond donors (Lipinski definition) is 0. The smallest absolute Gasteiger partial charge is 0.410 e. The van der Waals surface area contributed by atoms with Crippen molar-refractivity contribution in [2.45, 2.75) is 45.8 Å². The molecule has 1 aliphatic rings. The fourth-order valence-electron chi connectivity index (χ4n) is 1.98. The number of carbonyl (C=O) groups excluding carboxylic acids is 1. The average molecular weight is 279 g/mol. The van der Waals surface area contributed by atoms with Crippen LogP contribution in [0.1, 0.15) is 32.9 Å². The molecule has 2 rings (SSSR count). The summed E-state index contributed by atoms with van der Waals surface area (Å²) in [6, 6.07) is 1.79. The highest BCUT2D eigenvalue weighted by Crippen LogP contribution is 2.19. The average Bonchev–Trinajstić information content (AvgIpc) is 2.75. The lowest BCUT2D eigenvalue weighted by Crippen LogP contribution is -2.36. The predicted molar refractivity (Wildman–Crippen MR) is 73.6 cm³/mol. The van der Waals surface area contributed by atoms with Crippen LogP contribution in [0.4, 0.5) is 4.79 Å². The summed E-state index contributed by atoms with van der Waals surface area (Å²) in [5, 5.41) is 0. The molecule has 0 saturated carbocycles. The Morgan fingerprint density at radius 2 is 2.15 bits per heavy atom. The number of amides is 1. The van der Waals surface area contributed by atoms with Gasteiger partial charge in [0.2, 0.25) is 5.88 Å². The van der Waals surface area contributed by atoms with E-state index in [2.05, 4.69) is 9.97 Å². The van der Waals surface area contributed by atoms with Gasteiger partial charge in [-0.25, -0.2) is 14.8 Å². The van der Waals surface area contributed by atoms with Gasteiger partial charge in [0, 0.05) is 24.7 Å². The van der Waals surface area contributed by atoms with Gasteiger partial charge < -0.3 is 14.4 Å². The third kappa shape index (κ3) is 4.08. The van der Waals surface area contributed by atoms with Gasteiger partial charge in [-0.15, -0.1) is 0 Å². The highest BCUT2D eigenvalue weighted by Gasteiger charge is 2.31. The molecule has 0 bridgehead atoms. The molecule has 1 amide bonds. The summed E-state index contributed by atoms with van der Waals surface area (Å²) in [4.78, 5) is 21.7. The molecule has 1 aromatic heterocycles. The van der Waals surface area contributed by atoms with Crippen LogP contribution in [0.15, 0.2) is 12.4 Å². The van der Waals surface area contributed by atoms with E-state index < -0.39 is 5.60 Å². The molecule has 1 fully saturated rings. The van der Waals surface area contributed by atoms with Crippen LogP contribution < -0.4 is 4.74 Å². The van der Waals surface area contributed by atoms with E-state index in [0.29, 0.717) is 19.0 Å². The summed E-state index contributed by atoms with van der Waals surface area (Å²) in [5.41, 5.74) is 0.386. The van der Waals surface area contributed by atoms with E-state index in [1.165, 1.54) is 6.33 Å². The van der Waals surface area contributed by atoms with Crippen molar-refractivity contribution < 1.29 is 14.3 Å². The van der Waals surface area contributed by atoms with Gasteiger partial charge in [-0.1, -0.05) is 0 Å². The monoisotopic (exact) mass is 279 g/mol. The molecule has 1 atom stereocenters. The third-order valence-corrected chi connectivity index (χ3v) is 2.86. The lowest BCUT2D eigenvalue weighted by atomic mass is 10.2. The maximum Gasteiger partial charge on any atom is 0.410 e. The second-order valence-corrected chi connectivity index (χ2v) is 5.95. The number of hydrogen-bond acceptors (Lipinski definition) is 5. The van der Waals surface area contributed by atoms with Gasteiger partial charge in [-0.3, -0.25) is 0 Å². The number of aryl methyl sites for hydroxylation is 1. The molecule has 0 aromatic carbocycles. The van der Waals surface area contributed by atoms with Crippen LogP contribution in [0.3, 0.4) is 0 Å². The first kappa shape index (κ1) is 14.6. The lowest BCUT2D eigenvalue weighted by molar-refractivity contribution is 0.0275. The van der Waals surface area contributed by atoms with Crippen LogP contribution in [0, 0.1) is 6.92 Å². The number of rotatable bonds is 2. The second-order valence-electron chi connectivity index (χ2n) is 5.95. The minimum absolute atomic E-state index is 0.0446. The lowest BCUT2D eigenvalue weighted by Gasteiger charge is -2.24. The molecule has 6 heteroatoms. The molecule has 1 aromatic rings. The third-order valence-electron chi connectivity index (χ3n) is 2.86. The largest absolute Gasteiger partial charge is 0.472 e. The van der Waals surface area contributed by atoms with E-state index in [1.54, 1.807) is 11.0 Å². The first-order valence-corrected chi connectivity index (χ1v) is 6.77. The Morgan fingerprint density at radius 1 is 1.40 bits per heavy atom. The second kappa shape index (κ2) is 5.64. The summed E-state index contributed by atoms with van der Waals surface area (Å²) in [7, 11) is 0. The van der Waals surface area contributed by atoms with Gasteiger partial charge in [0.15, 0.2) is 0 Å². The minimum atomic E-state index is -0.472. The van der Waals surface area contributed by atoms with Gasteiger partial charge in [0.25, 0.3) is 0 Å². The molecule has 20 heavy (non-hydrogen) atoms. The van der Waals surface area contributed by atoms with Gasteiger partial charge >= 0.3 is 6.09 Å². The molecule has 1 aliphatic heterocycles. The Hall–Kier alpha value is -1.85. The predicted octanol–water partition coefficient (Wildman–Crippen LogP) is 2.17. The van der Waals surface area contributed by atoms with E-state index in [0.717, 1.165) is 12.1 Å². The van der Waals surface area contributed by atoms with E-state index in [1.807, 2.05) is 27.7 Å². The molecular formula is C14H21N3O3. The summed E-state index contributed by atoms with van der Waals surface area (Å²) in [6.45, 7) is 8.63. The van der Waals surface area contributed by atoms with E-state index in [4.69, 9.17) is 9.47 Å². The molecule has 0 spiro atoms. The zero-order valence-electron chi connectivity index (χ0n) is 12.4. The van der Waals surface area contributed by atoms with Gasteiger partial charge in [-0.2, -0.15) is 0 Å². The van der Waals surface area contributed by atoms with E-state index in [-0.39, 0.29) is 12.2 Å². The van der Waals surface area contributed by atoms with Crippen molar-refractivity contribution in [3.63, 3.8) is 0 Å². The fourth-order valence-corrected chi connectivity index (χ4v) is 1.98.